The Hall–Kier alpha value is -1.32. The zero-order valence-corrected chi connectivity index (χ0v) is 18.1. The number of aliphatic hydroxyl groups excluding tert-OH is 4. The summed E-state index contributed by atoms with van der Waals surface area (Å²) in [6.07, 6.45) is -4.55. The Labute approximate surface area is 184 Å². The summed E-state index contributed by atoms with van der Waals surface area (Å²) in [6, 6.07) is 9.66. The molecule has 4 N–H and O–H groups in total. The fraction of sp³-hybridized carbons (Fsp3) is 0.455. The molecule has 0 saturated carbocycles. The molecule has 0 unspecified atom stereocenters. The third-order valence-corrected chi connectivity index (χ3v) is 7.48. The van der Waals surface area contributed by atoms with Crippen LogP contribution >= 0.6 is 23.4 Å². The standard InChI is InChI=1S/C22H25ClO6S/c1-28-13-4-2-11(3-5-13)8-12-9-15(14-6-7-30-22(14)17(12)23)21-20(27)19(26)18(25)16(10-24)29-21/h2-5,9,16,18-21,24-27H,6-8,10H2,1H3/t16-,18-,19+,20-,21+/m0/s1. The molecule has 0 spiro atoms. The van der Waals surface area contributed by atoms with E-state index in [-0.39, 0.29) is 0 Å². The average molecular weight is 453 g/mol. The van der Waals surface area contributed by atoms with Crippen molar-refractivity contribution in [1.29, 1.82) is 0 Å². The van der Waals surface area contributed by atoms with E-state index >= 15 is 0 Å². The molecule has 2 aliphatic rings. The minimum Gasteiger partial charge on any atom is -0.497 e. The summed E-state index contributed by atoms with van der Waals surface area (Å²) in [5.41, 5.74) is 3.69. The summed E-state index contributed by atoms with van der Waals surface area (Å²) in [6.45, 7) is -0.454. The molecule has 4 rings (SSSR count). The first kappa shape index (κ1) is 21.9. The summed E-state index contributed by atoms with van der Waals surface area (Å²) in [5.74, 6) is 1.64. The maximum Gasteiger partial charge on any atom is 0.118 e. The van der Waals surface area contributed by atoms with Crippen LogP contribution in [0.4, 0.5) is 0 Å². The highest BCUT2D eigenvalue weighted by Crippen LogP contribution is 2.46. The summed E-state index contributed by atoms with van der Waals surface area (Å²) in [4.78, 5) is 0.967. The molecule has 0 aromatic heterocycles. The third kappa shape index (κ3) is 3.96. The van der Waals surface area contributed by atoms with Crippen molar-refractivity contribution in [3.8, 4) is 5.75 Å². The highest BCUT2D eigenvalue weighted by molar-refractivity contribution is 7.99. The molecule has 1 fully saturated rings. The van der Waals surface area contributed by atoms with Crippen LogP contribution in [0.1, 0.15) is 28.4 Å². The van der Waals surface area contributed by atoms with E-state index < -0.39 is 37.1 Å². The second-order valence-corrected chi connectivity index (χ2v) is 9.10. The largest absolute Gasteiger partial charge is 0.497 e. The summed E-state index contributed by atoms with van der Waals surface area (Å²) in [5, 5.41) is 41.3. The lowest BCUT2D eigenvalue weighted by atomic mass is 9.87. The Bertz CT molecular complexity index is 903. The van der Waals surface area contributed by atoms with Crippen LogP contribution in [0.3, 0.4) is 0 Å². The molecule has 6 nitrogen and oxygen atoms in total. The van der Waals surface area contributed by atoms with Gasteiger partial charge in [0.2, 0.25) is 0 Å². The third-order valence-electron chi connectivity index (χ3n) is 5.78. The van der Waals surface area contributed by atoms with Gasteiger partial charge in [-0.1, -0.05) is 29.8 Å². The lowest BCUT2D eigenvalue weighted by Gasteiger charge is -2.41. The molecular formula is C22H25ClO6S. The van der Waals surface area contributed by atoms with E-state index in [0.717, 1.165) is 45.1 Å². The van der Waals surface area contributed by atoms with E-state index in [1.165, 1.54) is 0 Å². The number of aliphatic hydroxyl groups is 4. The van der Waals surface area contributed by atoms with E-state index in [2.05, 4.69) is 0 Å². The van der Waals surface area contributed by atoms with Crippen molar-refractivity contribution in [3.05, 3.63) is 57.6 Å². The Morgan fingerprint density at radius 3 is 2.53 bits per heavy atom. The van der Waals surface area contributed by atoms with Crippen LogP contribution in [0.5, 0.6) is 5.75 Å². The Kier molecular flexibility index (Phi) is 6.60. The predicted octanol–water partition coefficient (Wildman–Crippen LogP) is 2.10. The molecule has 0 radical (unpaired) electrons. The van der Waals surface area contributed by atoms with Crippen molar-refractivity contribution in [2.24, 2.45) is 0 Å². The molecule has 0 amide bonds. The molecule has 2 aromatic carbocycles. The van der Waals surface area contributed by atoms with E-state index in [4.69, 9.17) is 21.1 Å². The summed E-state index contributed by atoms with van der Waals surface area (Å²) in [7, 11) is 1.62. The first-order valence-corrected chi connectivity index (χ1v) is 11.2. The molecule has 5 atom stereocenters. The second-order valence-electron chi connectivity index (χ2n) is 7.62. The number of rotatable bonds is 5. The number of halogens is 1. The number of methoxy groups -OCH3 is 1. The van der Waals surface area contributed by atoms with E-state index in [1.807, 2.05) is 30.3 Å². The topological polar surface area (TPSA) is 99.4 Å². The zero-order valence-electron chi connectivity index (χ0n) is 16.5. The lowest BCUT2D eigenvalue weighted by Crippen LogP contribution is -2.55. The normalized spacial score (nSPS) is 28.4. The highest BCUT2D eigenvalue weighted by Gasteiger charge is 2.45. The Morgan fingerprint density at radius 2 is 1.87 bits per heavy atom. The van der Waals surface area contributed by atoms with Gasteiger partial charge >= 0.3 is 0 Å². The van der Waals surface area contributed by atoms with Gasteiger partial charge in [0.05, 0.1) is 18.7 Å². The van der Waals surface area contributed by atoms with E-state index in [9.17, 15) is 20.4 Å². The molecular weight excluding hydrogens is 428 g/mol. The van der Waals surface area contributed by atoms with Crippen LogP contribution in [-0.2, 0) is 17.6 Å². The van der Waals surface area contributed by atoms with Crippen molar-refractivity contribution < 1.29 is 29.9 Å². The first-order chi connectivity index (χ1) is 14.4. The van der Waals surface area contributed by atoms with Crippen molar-refractivity contribution in [3.63, 3.8) is 0 Å². The number of hydrogen-bond acceptors (Lipinski definition) is 7. The number of ether oxygens (including phenoxy) is 2. The zero-order chi connectivity index (χ0) is 21.4. The van der Waals surface area contributed by atoms with Gasteiger partial charge < -0.3 is 29.9 Å². The maximum atomic E-state index is 10.6. The number of thioether (sulfide) groups is 1. The van der Waals surface area contributed by atoms with Crippen LogP contribution in [0, 0.1) is 0 Å². The minimum absolute atomic E-state index is 0.454. The number of hydrogen-bond donors (Lipinski definition) is 4. The quantitative estimate of drug-likeness (QED) is 0.551. The SMILES string of the molecule is COc1ccc(Cc2cc([C@H]3O[C@@H](CO)[C@H](O)[C@@H](O)[C@@H]3O)c3c(c2Cl)SCC3)cc1. The van der Waals surface area contributed by atoms with Gasteiger partial charge in [0.25, 0.3) is 0 Å². The fourth-order valence-corrected chi connectivity index (χ4v) is 5.68. The van der Waals surface area contributed by atoms with Gasteiger partial charge in [-0.25, -0.2) is 0 Å². The predicted molar refractivity (Wildman–Crippen MR) is 114 cm³/mol. The number of fused-ring (bicyclic) bond motifs is 1. The van der Waals surface area contributed by atoms with Gasteiger partial charge in [0.15, 0.2) is 0 Å². The summed E-state index contributed by atoms with van der Waals surface area (Å²) < 4.78 is 11.1. The second kappa shape index (κ2) is 9.04. The van der Waals surface area contributed by atoms with Gasteiger partial charge in [0, 0.05) is 10.6 Å². The average Bonchev–Trinajstić information content (AvgIpc) is 3.26. The monoisotopic (exact) mass is 452 g/mol. The van der Waals surface area contributed by atoms with Gasteiger partial charge in [-0.2, -0.15) is 0 Å². The minimum atomic E-state index is -1.41. The molecule has 0 bridgehead atoms. The summed E-state index contributed by atoms with van der Waals surface area (Å²) >= 11 is 8.40. The molecule has 30 heavy (non-hydrogen) atoms. The van der Waals surface area contributed by atoms with E-state index in [1.54, 1.807) is 18.9 Å². The molecule has 1 saturated heterocycles. The van der Waals surface area contributed by atoms with Gasteiger partial charge in [-0.05, 0) is 47.2 Å². The van der Waals surface area contributed by atoms with Crippen molar-refractivity contribution in [2.75, 3.05) is 19.5 Å². The van der Waals surface area contributed by atoms with Gasteiger partial charge in [-0.3, -0.25) is 0 Å². The van der Waals surface area contributed by atoms with E-state index in [0.29, 0.717) is 11.4 Å². The smallest absolute Gasteiger partial charge is 0.118 e. The molecule has 0 aliphatic carbocycles. The lowest BCUT2D eigenvalue weighted by molar-refractivity contribution is -0.231. The van der Waals surface area contributed by atoms with Crippen molar-refractivity contribution >= 4 is 23.4 Å². The fourth-order valence-electron chi connectivity index (χ4n) is 4.12. The maximum absolute atomic E-state index is 10.6. The van der Waals surface area contributed by atoms with Crippen LogP contribution in [0.15, 0.2) is 35.2 Å². The van der Waals surface area contributed by atoms with Crippen LogP contribution in [-0.4, -0.2) is 64.3 Å². The molecule has 162 valence electrons. The van der Waals surface area contributed by atoms with Gasteiger partial charge in [-0.15, -0.1) is 11.8 Å². The Morgan fingerprint density at radius 1 is 1.13 bits per heavy atom. The molecule has 2 heterocycles. The Balaban J connectivity index is 1.73. The van der Waals surface area contributed by atoms with Crippen LogP contribution in [0.25, 0.3) is 0 Å². The first-order valence-electron chi connectivity index (χ1n) is 9.85. The molecule has 2 aliphatic heterocycles. The highest BCUT2D eigenvalue weighted by atomic mass is 35.5. The van der Waals surface area contributed by atoms with Crippen molar-refractivity contribution in [1.82, 2.24) is 0 Å². The van der Waals surface area contributed by atoms with Crippen LogP contribution < -0.4 is 4.74 Å². The van der Waals surface area contributed by atoms with Crippen LogP contribution in [0.2, 0.25) is 5.02 Å². The van der Waals surface area contributed by atoms with Crippen molar-refractivity contribution in [2.45, 2.75) is 48.3 Å². The molecule has 8 heteroatoms. The van der Waals surface area contributed by atoms with Gasteiger partial charge in [0.1, 0.15) is 36.3 Å². The molecule has 2 aromatic rings. The number of benzene rings is 2.